The number of hydrogen-bond donors (Lipinski definition) is 1. The molecule has 0 radical (unpaired) electrons. The highest BCUT2D eigenvalue weighted by Crippen LogP contribution is 2.38. The summed E-state index contributed by atoms with van der Waals surface area (Å²) in [6, 6.07) is 9.50. The Morgan fingerprint density at radius 3 is 2.58 bits per heavy atom. The molecular weight excluding hydrogens is 375 g/mol. The average molecular weight is 386 g/mol. The summed E-state index contributed by atoms with van der Waals surface area (Å²) in [5.41, 5.74) is 0.0653. The summed E-state index contributed by atoms with van der Waals surface area (Å²) in [7, 11) is 0. The lowest BCUT2D eigenvalue weighted by molar-refractivity contribution is -0.384. The fourth-order valence-corrected chi connectivity index (χ4v) is 2.97. The highest BCUT2D eigenvalue weighted by Gasteiger charge is 2.41. The first-order valence-electron chi connectivity index (χ1n) is 7.34. The van der Waals surface area contributed by atoms with E-state index >= 15 is 0 Å². The number of alkyl halides is 3. The topological polar surface area (TPSA) is 75.5 Å². The van der Waals surface area contributed by atoms with Crippen LogP contribution in [0.1, 0.15) is 22.1 Å². The Hall–Kier alpha value is -2.81. The SMILES string of the molecule is O=C1c2ccccc2N[C@@H](c2cc([N+](=O)[O-])ccc2Cl)N1CC(F)(F)F. The van der Waals surface area contributed by atoms with Crippen LogP contribution in [0.4, 0.5) is 24.5 Å². The van der Waals surface area contributed by atoms with Gasteiger partial charge in [0.15, 0.2) is 0 Å². The van der Waals surface area contributed by atoms with Crippen molar-refractivity contribution < 1.29 is 22.9 Å². The van der Waals surface area contributed by atoms with Crippen molar-refractivity contribution >= 4 is 28.9 Å². The highest BCUT2D eigenvalue weighted by atomic mass is 35.5. The van der Waals surface area contributed by atoms with Crippen LogP contribution < -0.4 is 5.32 Å². The van der Waals surface area contributed by atoms with Gasteiger partial charge in [-0.25, -0.2) is 0 Å². The molecule has 0 saturated heterocycles. The van der Waals surface area contributed by atoms with Gasteiger partial charge in [-0.3, -0.25) is 14.9 Å². The maximum atomic E-state index is 13.0. The summed E-state index contributed by atoms with van der Waals surface area (Å²) in [5, 5.41) is 13.8. The zero-order valence-electron chi connectivity index (χ0n) is 13.0. The molecule has 1 aliphatic heterocycles. The van der Waals surface area contributed by atoms with E-state index in [1.165, 1.54) is 24.3 Å². The molecule has 2 aromatic carbocycles. The monoisotopic (exact) mass is 385 g/mol. The van der Waals surface area contributed by atoms with Crippen molar-refractivity contribution in [1.82, 2.24) is 4.90 Å². The van der Waals surface area contributed by atoms with Crippen LogP contribution in [0.5, 0.6) is 0 Å². The quantitative estimate of drug-likeness (QED) is 0.628. The van der Waals surface area contributed by atoms with Crippen LogP contribution in [-0.2, 0) is 0 Å². The number of carbonyl (C=O) groups is 1. The number of nitrogens with one attached hydrogen (secondary N) is 1. The number of benzene rings is 2. The summed E-state index contributed by atoms with van der Waals surface area (Å²) in [4.78, 5) is 23.5. The van der Waals surface area contributed by atoms with Gasteiger partial charge in [0, 0.05) is 28.4 Å². The third-order valence-corrected chi connectivity index (χ3v) is 4.20. The lowest BCUT2D eigenvalue weighted by Crippen LogP contribution is -2.47. The van der Waals surface area contributed by atoms with Crippen LogP contribution in [-0.4, -0.2) is 28.5 Å². The van der Waals surface area contributed by atoms with Gasteiger partial charge >= 0.3 is 6.18 Å². The zero-order chi connectivity index (χ0) is 19.1. The van der Waals surface area contributed by atoms with Crippen molar-refractivity contribution in [3.05, 3.63) is 68.7 Å². The minimum absolute atomic E-state index is 0.00690. The van der Waals surface area contributed by atoms with Crippen LogP contribution in [0.3, 0.4) is 0 Å². The lowest BCUT2D eigenvalue weighted by Gasteiger charge is -2.38. The first-order valence-corrected chi connectivity index (χ1v) is 7.72. The number of anilines is 1. The number of nitro benzene ring substituents is 1. The van der Waals surface area contributed by atoms with Crippen LogP contribution >= 0.6 is 11.6 Å². The molecule has 0 unspecified atom stereocenters. The molecule has 0 aliphatic carbocycles. The summed E-state index contributed by atoms with van der Waals surface area (Å²) in [5.74, 6) is -0.843. The van der Waals surface area contributed by atoms with Gasteiger partial charge in [0.2, 0.25) is 0 Å². The first kappa shape index (κ1) is 18.0. The van der Waals surface area contributed by atoms with Gasteiger partial charge in [-0.2, -0.15) is 13.2 Å². The molecule has 2 aromatic rings. The molecule has 136 valence electrons. The molecule has 1 amide bonds. The standard InChI is InChI=1S/C16H11ClF3N3O3/c17-12-6-5-9(23(25)26)7-11(12)14-21-13-4-2-1-3-10(13)15(24)22(14)8-16(18,19)20/h1-7,14,21H,8H2/t14-/m1/s1. The maximum Gasteiger partial charge on any atom is 0.406 e. The molecule has 0 aromatic heterocycles. The van der Waals surface area contributed by atoms with Gasteiger partial charge in [0.1, 0.15) is 12.7 Å². The van der Waals surface area contributed by atoms with E-state index in [2.05, 4.69) is 5.32 Å². The smallest absolute Gasteiger partial charge is 0.361 e. The van der Waals surface area contributed by atoms with E-state index in [1.54, 1.807) is 6.07 Å². The van der Waals surface area contributed by atoms with E-state index in [0.29, 0.717) is 10.6 Å². The van der Waals surface area contributed by atoms with E-state index < -0.39 is 29.7 Å². The van der Waals surface area contributed by atoms with Crippen LogP contribution in [0.25, 0.3) is 0 Å². The molecule has 10 heteroatoms. The third-order valence-electron chi connectivity index (χ3n) is 3.86. The van der Waals surface area contributed by atoms with Crippen LogP contribution in [0.15, 0.2) is 42.5 Å². The van der Waals surface area contributed by atoms with E-state index in [4.69, 9.17) is 11.6 Å². The summed E-state index contributed by atoms with van der Waals surface area (Å²) in [6.07, 6.45) is -5.96. The van der Waals surface area contributed by atoms with Crippen molar-refractivity contribution in [2.24, 2.45) is 0 Å². The number of fused-ring (bicyclic) bond motifs is 1. The molecule has 0 spiro atoms. The van der Waals surface area contributed by atoms with E-state index in [-0.39, 0.29) is 21.8 Å². The highest BCUT2D eigenvalue weighted by molar-refractivity contribution is 6.31. The normalized spacial score (nSPS) is 16.8. The number of para-hydroxylation sites is 1. The number of nitrogens with zero attached hydrogens (tertiary/aromatic N) is 2. The van der Waals surface area contributed by atoms with Gasteiger partial charge in [-0.15, -0.1) is 0 Å². The molecule has 1 N–H and O–H groups in total. The van der Waals surface area contributed by atoms with Crippen molar-refractivity contribution in [2.45, 2.75) is 12.3 Å². The molecule has 0 saturated carbocycles. The first-order chi connectivity index (χ1) is 12.2. The Kier molecular flexibility index (Phi) is 4.49. The summed E-state index contributed by atoms with van der Waals surface area (Å²) in [6.45, 7) is -1.53. The Morgan fingerprint density at radius 1 is 1.23 bits per heavy atom. The minimum atomic E-state index is -4.66. The van der Waals surface area contributed by atoms with Gasteiger partial charge in [-0.05, 0) is 18.2 Å². The minimum Gasteiger partial charge on any atom is -0.361 e. The second-order valence-electron chi connectivity index (χ2n) is 5.60. The second-order valence-corrected chi connectivity index (χ2v) is 6.01. The molecule has 1 atom stereocenters. The van der Waals surface area contributed by atoms with Gasteiger partial charge in [-0.1, -0.05) is 23.7 Å². The second kappa shape index (κ2) is 6.49. The van der Waals surface area contributed by atoms with Crippen molar-refractivity contribution in [3.8, 4) is 0 Å². The summed E-state index contributed by atoms with van der Waals surface area (Å²) >= 11 is 6.06. The van der Waals surface area contributed by atoms with Crippen molar-refractivity contribution in [1.29, 1.82) is 0 Å². The largest absolute Gasteiger partial charge is 0.406 e. The molecule has 0 bridgehead atoms. The van der Waals surface area contributed by atoms with E-state index in [9.17, 15) is 28.1 Å². The lowest BCUT2D eigenvalue weighted by atomic mass is 10.0. The van der Waals surface area contributed by atoms with Gasteiger partial charge in [0.05, 0.1) is 10.5 Å². The Bertz CT molecular complexity index is 889. The van der Waals surface area contributed by atoms with Crippen molar-refractivity contribution in [3.63, 3.8) is 0 Å². The van der Waals surface area contributed by atoms with Crippen LogP contribution in [0, 0.1) is 10.1 Å². The van der Waals surface area contributed by atoms with Gasteiger partial charge < -0.3 is 10.2 Å². The number of hydrogen-bond acceptors (Lipinski definition) is 4. The number of halogens is 4. The predicted molar refractivity (Wildman–Crippen MR) is 88.0 cm³/mol. The number of rotatable bonds is 3. The zero-order valence-corrected chi connectivity index (χ0v) is 13.7. The molecule has 0 fully saturated rings. The molecule has 3 rings (SSSR count). The molecular formula is C16H11ClF3N3O3. The third kappa shape index (κ3) is 3.43. The Balaban J connectivity index is 2.13. The average Bonchev–Trinajstić information content (AvgIpc) is 2.56. The van der Waals surface area contributed by atoms with Crippen molar-refractivity contribution in [2.75, 3.05) is 11.9 Å². The number of amides is 1. The fraction of sp³-hybridized carbons (Fsp3) is 0.188. The number of nitro groups is 1. The van der Waals surface area contributed by atoms with Gasteiger partial charge in [0.25, 0.3) is 11.6 Å². The Morgan fingerprint density at radius 2 is 1.92 bits per heavy atom. The molecule has 1 aliphatic rings. The molecule has 6 nitrogen and oxygen atoms in total. The fourth-order valence-electron chi connectivity index (χ4n) is 2.75. The Labute approximate surface area is 150 Å². The van der Waals surface area contributed by atoms with E-state index in [1.807, 2.05) is 0 Å². The summed E-state index contributed by atoms with van der Waals surface area (Å²) < 4.78 is 39.1. The molecule has 26 heavy (non-hydrogen) atoms. The predicted octanol–water partition coefficient (Wildman–Crippen LogP) is 4.38. The number of carbonyl (C=O) groups excluding carboxylic acids is 1. The van der Waals surface area contributed by atoms with E-state index in [0.717, 1.165) is 12.1 Å². The van der Waals surface area contributed by atoms with Crippen LogP contribution in [0.2, 0.25) is 5.02 Å². The number of non-ortho nitro benzene ring substituents is 1. The molecule has 1 heterocycles. The maximum absolute atomic E-state index is 13.0.